The summed E-state index contributed by atoms with van der Waals surface area (Å²) in [6, 6.07) is 1.62. The number of pyridine rings is 1. The number of halogens is 1. The van der Waals surface area contributed by atoms with E-state index in [-0.39, 0.29) is 12.4 Å². The fourth-order valence-corrected chi connectivity index (χ4v) is 1.63. The molecule has 1 aromatic heterocycles. The Balaban J connectivity index is 2.65. The topological polar surface area (TPSA) is 45.4 Å². The molecule has 0 unspecified atom stereocenters. The molecular weight excluding hydrogens is 219 g/mol. The summed E-state index contributed by atoms with van der Waals surface area (Å²) in [5.74, 6) is 0.0778. The molecule has 1 heterocycles. The van der Waals surface area contributed by atoms with Crippen molar-refractivity contribution in [2.24, 2.45) is 5.73 Å². The lowest BCUT2D eigenvalue weighted by molar-refractivity contribution is 0.401. The summed E-state index contributed by atoms with van der Waals surface area (Å²) in [6.45, 7) is 1.95. The summed E-state index contributed by atoms with van der Waals surface area (Å²) < 4.78 is 13.9. The van der Waals surface area contributed by atoms with Crippen molar-refractivity contribution < 1.29 is 4.39 Å². The van der Waals surface area contributed by atoms with Crippen LogP contribution < -0.4 is 10.6 Å². The second-order valence-corrected chi connectivity index (χ2v) is 4.39. The molecule has 0 saturated heterocycles. The lowest BCUT2D eigenvalue weighted by Gasteiger charge is -2.20. The summed E-state index contributed by atoms with van der Waals surface area (Å²) >= 11 is 0. The van der Waals surface area contributed by atoms with E-state index in [1.54, 1.807) is 12.3 Å². The summed E-state index contributed by atoms with van der Waals surface area (Å²) in [7, 11) is 5.89. The van der Waals surface area contributed by atoms with Crippen molar-refractivity contribution in [2.45, 2.75) is 13.0 Å². The molecule has 0 spiro atoms. The zero-order valence-corrected chi connectivity index (χ0v) is 10.8. The molecule has 0 bridgehead atoms. The van der Waals surface area contributed by atoms with Gasteiger partial charge >= 0.3 is 0 Å². The van der Waals surface area contributed by atoms with Crippen LogP contribution in [0, 0.1) is 5.82 Å². The van der Waals surface area contributed by atoms with Crippen molar-refractivity contribution in [3.63, 3.8) is 0 Å². The van der Waals surface area contributed by atoms with E-state index >= 15 is 0 Å². The van der Waals surface area contributed by atoms with E-state index in [2.05, 4.69) is 9.88 Å². The highest BCUT2D eigenvalue weighted by Crippen LogP contribution is 2.17. The van der Waals surface area contributed by atoms with Gasteiger partial charge < -0.3 is 15.5 Å². The maximum Gasteiger partial charge on any atom is 0.170 e. The molecule has 17 heavy (non-hydrogen) atoms. The molecule has 0 amide bonds. The van der Waals surface area contributed by atoms with Gasteiger partial charge in [-0.05, 0) is 33.1 Å². The third-order valence-corrected chi connectivity index (χ3v) is 2.63. The van der Waals surface area contributed by atoms with Crippen LogP contribution in [0.25, 0.3) is 0 Å². The molecule has 0 aromatic carbocycles. The Kier molecular flexibility index (Phi) is 5.31. The summed E-state index contributed by atoms with van der Waals surface area (Å²) in [6.07, 6.45) is 2.57. The molecular formula is C12H21FN4. The van der Waals surface area contributed by atoms with Gasteiger partial charge in [-0.3, -0.25) is 0 Å². The molecule has 1 rings (SSSR count). The quantitative estimate of drug-likeness (QED) is 0.808. The molecule has 0 aliphatic heterocycles. The predicted molar refractivity (Wildman–Crippen MR) is 68.5 cm³/mol. The molecule has 1 aromatic rings. The fraction of sp³-hybridized carbons (Fsp3) is 0.583. The fourth-order valence-electron chi connectivity index (χ4n) is 1.63. The zero-order valence-electron chi connectivity index (χ0n) is 10.8. The number of nitrogens with two attached hydrogens (primary N) is 1. The SMILES string of the molecule is CN(C)CCCN(C)c1nccc(CN)c1F. The van der Waals surface area contributed by atoms with Gasteiger partial charge in [-0.2, -0.15) is 0 Å². The Labute approximate surface area is 102 Å². The number of nitrogens with zero attached hydrogens (tertiary/aromatic N) is 3. The minimum Gasteiger partial charge on any atom is -0.357 e. The highest BCUT2D eigenvalue weighted by atomic mass is 19.1. The maximum atomic E-state index is 13.9. The Morgan fingerprint density at radius 2 is 2.00 bits per heavy atom. The highest BCUT2D eigenvalue weighted by Gasteiger charge is 2.12. The summed E-state index contributed by atoms with van der Waals surface area (Å²) in [5, 5.41) is 0. The molecule has 0 radical (unpaired) electrons. The Morgan fingerprint density at radius 1 is 1.29 bits per heavy atom. The lowest BCUT2D eigenvalue weighted by atomic mass is 10.2. The largest absolute Gasteiger partial charge is 0.357 e. The van der Waals surface area contributed by atoms with E-state index in [4.69, 9.17) is 5.73 Å². The first kappa shape index (κ1) is 13.9. The second kappa shape index (κ2) is 6.51. The van der Waals surface area contributed by atoms with Crippen LogP contribution in [0.3, 0.4) is 0 Å². The molecule has 5 heteroatoms. The van der Waals surface area contributed by atoms with Gasteiger partial charge in [0.25, 0.3) is 0 Å². The first-order valence-electron chi connectivity index (χ1n) is 5.75. The zero-order chi connectivity index (χ0) is 12.8. The van der Waals surface area contributed by atoms with Crippen LogP contribution in [0.15, 0.2) is 12.3 Å². The minimum absolute atomic E-state index is 0.201. The second-order valence-electron chi connectivity index (χ2n) is 4.39. The van der Waals surface area contributed by atoms with Gasteiger partial charge in [0.15, 0.2) is 11.6 Å². The number of anilines is 1. The van der Waals surface area contributed by atoms with Gasteiger partial charge in [0, 0.05) is 31.9 Å². The van der Waals surface area contributed by atoms with E-state index in [9.17, 15) is 4.39 Å². The van der Waals surface area contributed by atoms with Crippen LogP contribution in [0.2, 0.25) is 0 Å². The van der Waals surface area contributed by atoms with Crippen molar-refractivity contribution in [1.82, 2.24) is 9.88 Å². The predicted octanol–water partition coefficient (Wildman–Crippen LogP) is 1.07. The van der Waals surface area contributed by atoms with Crippen LogP contribution in [0.1, 0.15) is 12.0 Å². The average molecular weight is 240 g/mol. The monoisotopic (exact) mass is 240 g/mol. The third-order valence-electron chi connectivity index (χ3n) is 2.63. The average Bonchev–Trinajstić information content (AvgIpc) is 2.28. The van der Waals surface area contributed by atoms with Crippen LogP contribution in [0.4, 0.5) is 10.2 Å². The molecule has 0 atom stereocenters. The molecule has 0 saturated carbocycles. The normalized spacial score (nSPS) is 10.9. The molecule has 0 aliphatic carbocycles. The van der Waals surface area contributed by atoms with Crippen molar-refractivity contribution in [3.8, 4) is 0 Å². The number of rotatable bonds is 6. The van der Waals surface area contributed by atoms with Gasteiger partial charge in [-0.25, -0.2) is 9.37 Å². The van der Waals surface area contributed by atoms with Crippen LogP contribution >= 0.6 is 0 Å². The van der Waals surface area contributed by atoms with E-state index in [0.717, 1.165) is 19.5 Å². The van der Waals surface area contributed by atoms with E-state index in [0.29, 0.717) is 11.4 Å². The highest BCUT2D eigenvalue weighted by molar-refractivity contribution is 5.42. The first-order valence-corrected chi connectivity index (χ1v) is 5.75. The van der Waals surface area contributed by atoms with E-state index in [1.807, 2.05) is 26.0 Å². The third kappa shape index (κ3) is 3.94. The maximum absolute atomic E-state index is 13.9. The smallest absolute Gasteiger partial charge is 0.170 e. The van der Waals surface area contributed by atoms with Crippen molar-refractivity contribution in [3.05, 3.63) is 23.6 Å². The molecule has 2 N–H and O–H groups in total. The number of aromatic nitrogens is 1. The Hall–Kier alpha value is -1.20. The van der Waals surface area contributed by atoms with Crippen molar-refractivity contribution in [1.29, 1.82) is 0 Å². The van der Waals surface area contributed by atoms with Gasteiger partial charge in [-0.1, -0.05) is 0 Å². The van der Waals surface area contributed by atoms with Gasteiger partial charge in [0.05, 0.1) is 0 Å². The van der Waals surface area contributed by atoms with Crippen LogP contribution in [-0.2, 0) is 6.54 Å². The van der Waals surface area contributed by atoms with E-state index in [1.165, 1.54) is 0 Å². The van der Waals surface area contributed by atoms with E-state index < -0.39 is 0 Å². The number of hydrogen-bond donors (Lipinski definition) is 1. The van der Waals surface area contributed by atoms with Gasteiger partial charge in [0.1, 0.15) is 0 Å². The molecule has 0 aliphatic rings. The van der Waals surface area contributed by atoms with Crippen molar-refractivity contribution in [2.75, 3.05) is 39.1 Å². The summed E-state index contributed by atoms with van der Waals surface area (Å²) in [5.41, 5.74) is 5.98. The summed E-state index contributed by atoms with van der Waals surface area (Å²) in [4.78, 5) is 8.00. The molecule has 96 valence electrons. The lowest BCUT2D eigenvalue weighted by Crippen LogP contribution is -2.25. The van der Waals surface area contributed by atoms with Crippen LogP contribution in [-0.4, -0.2) is 44.1 Å². The Morgan fingerprint density at radius 3 is 2.59 bits per heavy atom. The number of hydrogen-bond acceptors (Lipinski definition) is 4. The molecule has 0 fully saturated rings. The van der Waals surface area contributed by atoms with Crippen LogP contribution in [0.5, 0.6) is 0 Å². The van der Waals surface area contributed by atoms with Crippen molar-refractivity contribution >= 4 is 5.82 Å². The molecule has 4 nitrogen and oxygen atoms in total. The Bertz CT molecular complexity index is 354. The van der Waals surface area contributed by atoms with Gasteiger partial charge in [-0.15, -0.1) is 0 Å². The standard InChI is InChI=1S/C12H21FN4/c1-16(2)7-4-8-17(3)12-11(13)10(9-14)5-6-15-12/h5-6H,4,7-9,14H2,1-3H3. The first-order chi connectivity index (χ1) is 8.06. The van der Waals surface area contributed by atoms with Gasteiger partial charge in [0.2, 0.25) is 0 Å². The minimum atomic E-state index is -0.303.